The summed E-state index contributed by atoms with van der Waals surface area (Å²) in [7, 11) is 0. The first-order valence-corrected chi connectivity index (χ1v) is 7.55. The summed E-state index contributed by atoms with van der Waals surface area (Å²) in [6.07, 6.45) is 5.43. The van der Waals surface area contributed by atoms with Crippen LogP contribution in [0, 0.1) is 0 Å². The zero-order valence-corrected chi connectivity index (χ0v) is 12.5. The van der Waals surface area contributed by atoms with Crippen molar-refractivity contribution >= 4 is 5.71 Å². The van der Waals surface area contributed by atoms with Crippen LogP contribution in [0.4, 0.5) is 0 Å². The number of hydrogen-bond acceptors (Lipinski definition) is 3. The zero-order chi connectivity index (χ0) is 14.9. The average Bonchev–Trinajstić information content (AvgIpc) is 2.96. The molecule has 1 heterocycles. The van der Waals surface area contributed by atoms with Crippen LogP contribution < -0.4 is 0 Å². The van der Waals surface area contributed by atoms with Gasteiger partial charge in [-0.1, -0.05) is 30.3 Å². The van der Waals surface area contributed by atoms with E-state index < -0.39 is 0 Å². The highest BCUT2D eigenvalue weighted by Gasteiger charge is 2.11. The first kappa shape index (κ1) is 15.4. The maximum atomic E-state index is 9.12. The van der Waals surface area contributed by atoms with Crippen molar-refractivity contribution in [3.8, 4) is 0 Å². The molecular formula is C17H23N3O. The second-order valence-electron chi connectivity index (χ2n) is 5.00. The number of aliphatic hydroxyl groups excluding tert-OH is 1. The molecule has 0 aliphatic heterocycles. The van der Waals surface area contributed by atoms with E-state index in [0.29, 0.717) is 6.42 Å². The Morgan fingerprint density at radius 1 is 1.24 bits per heavy atom. The molecule has 0 atom stereocenters. The van der Waals surface area contributed by atoms with Crippen molar-refractivity contribution in [2.45, 2.75) is 32.6 Å². The van der Waals surface area contributed by atoms with E-state index in [-0.39, 0.29) is 6.61 Å². The number of aromatic amines is 1. The van der Waals surface area contributed by atoms with Crippen LogP contribution in [0.5, 0.6) is 0 Å². The number of aliphatic hydroxyl groups is 1. The van der Waals surface area contributed by atoms with Crippen LogP contribution in [0.2, 0.25) is 0 Å². The topological polar surface area (TPSA) is 61.3 Å². The third-order valence-electron chi connectivity index (χ3n) is 3.46. The molecule has 0 bridgehead atoms. The number of H-pyrrole nitrogens is 1. The van der Waals surface area contributed by atoms with E-state index in [0.717, 1.165) is 42.8 Å². The van der Waals surface area contributed by atoms with E-state index in [1.807, 2.05) is 13.0 Å². The quantitative estimate of drug-likeness (QED) is 0.733. The van der Waals surface area contributed by atoms with Gasteiger partial charge in [-0.3, -0.25) is 10.1 Å². The molecule has 4 nitrogen and oxygen atoms in total. The Kier molecular flexibility index (Phi) is 6.16. The van der Waals surface area contributed by atoms with E-state index in [2.05, 4.69) is 39.5 Å². The number of aliphatic imine (C=N–C) groups is 1. The SMILES string of the molecule is CCN=C(CCCc1ccccc1)c1[nH]ncc1CCO. The molecule has 0 fully saturated rings. The predicted molar refractivity (Wildman–Crippen MR) is 85.8 cm³/mol. The lowest BCUT2D eigenvalue weighted by Crippen LogP contribution is -2.07. The van der Waals surface area contributed by atoms with Crippen molar-refractivity contribution < 1.29 is 5.11 Å². The van der Waals surface area contributed by atoms with Crippen LogP contribution in [0.1, 0.15) is 36.6 Å². The molecule has 0 aliphatic carbocycles. The third-order valence-corrected chi connectivity index (χ3v) is 3.46. The summed E-state index contributed by atoms with van der Waals surface area (Å²) < 4.78 is 0. The molecular weight excluding hydrogens is 262 g/mol. The van der Waals surface area contributed by atoms with Gasteiger partial charge >= 0.3 is 0 Å². The second kappa shape index (κ2) is 8.37. The molecule has 0 spiro atoms. The minimum Gasteiger partial charge on any atom is -0.396 e. The van der Waals surface area contributed by atoms with Gasteiger partial charge in [0.2, 0.25) is 0 Å². The molecule has 2 rings (SSSR count). The van der Waals surface area contributed by atoms with Crippen LogP contribution in [0.25, 0.3) is 0 Å². The number of nitrogens with zero attached hydrogens (tertiary/aromatic N) is 2. The van der Waals surface area contributed by atoms with Crippen LogP contribution in [0.15, 0.2) is 41.5 Å². The fourth-order valence-electron chi connectivity index (χ4n) is 2.45. The molecule has 1 aromatic heterocycles. The minimum absolute atomic E-state index is 0.135. The molecule has 1 aromatic carbocycles. The lowest BCUT2D eigenvalue weighted by atomic mass is 10.0. The summed E-state index contributed by atoms with van der Waals surface area (Å²) >= 11 is 0. The van der Waals surface area contributed by atoms with Gasteiger partial charge in [-0.25, -0.2) is 0 Å². The zero-order valence-electron chi connectivity index (χ0n) is 12.5. The Balaban J connectivity index is 1.99. The minimum atomic E-state index is 0.135. The van der Waals surface area contributed by atoms with Gasteiger partial charge in [0, 0.05) is 18.7 Å². The maximum absolute atomic E-state index is 9.12. The Morgan fingerprint density at radius 2 is 2.05 bits per heavy atom. The largest absolute Gasteiger partial charge is 0.396 e. The Hall–Kier alpha value is -1.94. The van der Waals surface area contributed by atoms with E-state index in [9.17, 15) is 0 Å². The van der Waals surface area contributed by atoms with Crippen molar-refractivity contribution in [1.29, 1.82) is 0 Å². The van der Waals surface area contributed by atoms with Gasteiger partial charge in [0.1, 0.15) is 0 Å². The number of aromatic nitrogens is 2. The lowest BCUT2D eigenvalue weighted by molar-refractivity contribution is 0.299. The van der Waals surface area contributed by atoms with Crippen molar-refractivity contribution in [3.63, 3.8) is 0 Å². The summed E-state index contributed by atoms with van der Waals surface area (Å²) in [5.74, 6) is 0. The molecule has 0 unspecified atom stereocenters. The molecule has 4 heteroatoms. The van der Waals surface area contributed by atoms with E-state index in [1.165, 1.54) is 5.56 Å². The Morgan fingerprint density at radius 3 is 2.76 bits per heavy atom. The second-order valence-corrected chi connectivity index (χ2v) is 5.00. The predicted octanol–water partition coefficient (Wildman–Crippen LogP) is 2.78. The molecule has 112 valence electrons. The highest BCUT2D eigenvalue weighted by Crippen LogP contribution is 2.13. The third kappa shape index (κ3) is 4.53. The molecule has 0 amide bonds. The molecule has 2 aromatic rings. The van der Waals surface area contributed by atoms with Gasteiger partial charge in [-0.05, 0) is 38.2 Å². The highest BCUT2D eigenvalue weighted by molar-refractivity contribution is 6.00. The number of hydrogen-bond donors (Lipinski definition) is 2. The number of rotatable bonds is 8. The normalized spacial score (nSPS) is 11.8. The van der Waals surface area contributed by atoms with Gasteiger partial charge in [-0.2, -0.15) is 5.10 Å². The maximum Gasteiger partial charge on any atom is 0.0820 e. The van der Waals surface area contributed by atoms with Crippen molar-refractivity contribution in [1.82, 2.24) is 10.2 Å². The van der Waals surface area contributed by atoms with Crippen LogP contribution >= 0.6 is 0 Å². The molecule has 0 saturated heterocycles. The average molecular weight is 285 g/mol. The molecule has 0 radical (unpaired) electrons. The number of benzene rings is 1. The summed E-state index contributed by atoms with van der Waals surface area (Å²) in [6.45, 7) is 2.94. The number of nitrogens with one attached hydrogen (secondary N) is 1. The van der Waals surface area contributed by atoms with E-state index >= 15 is 0 Å². The van der Waals surface area contributed by atoms with Crippen molar-refractivity contribution in [3.05, 3.63) is 53.3 Å². The Labute approximate surface area is 125 Å². The monoisotopic (exact) mass is 285 g/mol. The summed E-state index contributed by atoms with van der Waals surface area (Å²) in [5.41, 5.74) is 4.45. The van der Waals surface area contributed by atoms with Gasteiger partial charge in [0.25, 0.3) is 0 Å². The van der Waals surface area contributed by atoms with Crippen LogP contribution in [-0.4, -0.2) is 34.2 Å². The summed E-state index contributed by atoms with van der Waals surface area (Å²) in [5, 5.41) is 16.2. The van der Waals surface area contributed by atoms with E-state index in [1.54, 1.807) is 6.20 Å². The first-order chi connectivity index (χ1) is 10.3. The summed E-state index contributed by atoms with van der Waals surface area (Å²) in [6, 6.07) is 10.5. The van der Waals surface area contributed by atoms with Gasteiger partial charge in [0.05, 0.1) is 17.6 Å². The molecule has 0 saturated carbocycles. The fourth-order valence-corrected chi connectivity index (χ4v) is 2.45. The van der Waals surface area contributed by atoms with Crippen LogP contribution in [0.3, 0.4) is 0 Å². The smallest absolute Gasteiger partial charge is 0.0820 e. The number of aryl methyl sites for hydroxylation is 1. The fraction of sp³-hybridized carbons (Fsp3) is 0.412. The van der Waals surface area contributed by atoms with Gasteiger partial charge < -0.3 is 5.11 Å². The highest BCUT2D eigenvalue weighted by atomic mass is 16.2. The standard InChI is InChI=1S/C17H23N3O/c1-2-18-16(17-15(11-12-21)13-19-20-17)10-6-9-14-7-4-3-5-8-14/h3-5,7-8,13,21H,2,6,9-12H2,1H3,(H,19,20). The van der Waals surface area contributed by atoms with Crippen molar-refractivity contribution in [2.75, 3.05) is 13.2 Å². The summed E-state index contributed by atoms with van der Waals surface area (Å²) in [4.78, 5) is 4.60. The first-order valence-electron chi connectivity index (χ1n) is 7.55. The van der Waals surface area contributed by atoms with Gasteiger partial charge in [-0.15, -0.1) is 0 Å². The van der Waals surface area contributed by atoms with Crippen molar-refractivity contribution in [2.24, 2.45) is 4.99 Å². The molecule has 0 aliphatic rings. The molecule has 2 N–H and O–H groups in total. The van der Waals surface area contributed by atoms with Crippen LogP contribution in [-0.2, 0) is 12.8 Å². The molecule has 21 heavy (non-hydrogen) atoms. The van der Waals surface area contributed by atoms with E-state index in [4.69, 9.17) is 5.11 Å². The Bertz CT molecular complexity index is 560. The lowest BCUT2D eigenvalue weighted by Gasteiger charge is -2.07. The van der Waals surface area contributed by atoms with Gasteiger partial charge in [0.15, 0.2) is 0 Å².